The van der Waals surface area contributed by atoms with Gasteiger partial charge in [0.25, 0.3) is 0 Å². The zero-order valence-electron chi connectivity index (χ0n) is 12.1. The van der Waals surface area contributed by atoms with Crippen molar-refractivity contribution in [1.29, 1.82) is 0 Å². The summed E-state index contributed by atoms with van der Waals surface area (Å²) in [7, 11) is -2.94. The highest BCUT2D eigenvalue weighted by molar-refractivity contribution is 7.92. The number of hydrogen-bond donors (Lipinski definition) is 1. The molecule has 0 amide bonds. The first kappa shape index (κ1) is 15.3. The fraction of sp³-hybridized carbons (Fsp3) is 1.00. The third-order valence-electron chi connectivity index (χ3n) is 4.94. The molecule has 2 heterocycles. The highest BCUT2D eigenvalue weighted by Gasteiger charge is 2.49. The van der Waals surface area contributed by atoms with Crippen LogP contribution < -0.4 is 0 Å². The maximum absolute atomic E-state index is 12.2. The molecule has 0 aromatic rings. The van der Waals surface area contributed by atoms with Crippen molar-refractivity contribution in [2.24, 2.45) is 0 Å². The van der Waals surface area contributed by atoms with Gasteiger partial charge in [-0.2, -0.15) is 0 Å². The van der Waals surface area contributed by atoms with E-state index < -0.39 is 15.4 Å². The number of fused-ring (bicyclic) bond motifs is 2. The Balaban J connectivity index is 1.88. The summed E-state index contributed by atoms with van der Waals surface area (Å²) < 4.78 is 24.4. The van der Waals surface area contributed by atoms with Gasteiger partial charge < -0.3 is 5.11 Å². The molecule has 4 heteroatoms. The van der Waals surface area contributed by atoms with Gasteiger partial charge in [-0.25, -0.2) is 8.42 Å². The number of sulfone groups is 1. The van der Waals surface area contributed by atoms with Crippen LogP contribution >= 0.6 is 0 Å². The lowest BCUT2D eigenvalue weighted by atomic mass is 9.82. The Kier molecular flexibility index (Phi) is 4.93. The van der Waals surface area contributed by atoms with Crippen LogP contribution in [0.1, 0.15) is 77.6 Å². The van der Waals surface area contributed by atoms with E-state index in [0.29, 0.717) is 12.8 Å². The maximum atomic E-state index is 12.2. The molecule has 0 aromatic carbocycles. The van der Waals surface area contributed by atoms with Crippen molar-refractivity contribution in [3.8, 4) is 0 Å². The standard InChI is InChI=1S/C15H28O3S/c1-2-3-4-5-6-10-15(16)11-13-8-7-9-14(12-15)19(13,17)18/h13-14,16H,2-12H2,1H3. The van der Waals surface area contributed by atoms with E-state index in [1.807, 2.05) is 0 Å². The molecule has 2 unspecified atom stereocenters. The molecule has 2 aliphatic rings. The Morgan fingerprint density at radius 2 is 1.63 bits per heavy atom. The van der Waals surface area contributed by atoms with Crippen LogP contribution in [0, 0.1) is 0 Å². The maximum Gasteiger partial charge on any atom is 0.156 e. The topological polar surface area (TPSA) is 54.4 Å². The molecule has 2 saturated heterocycles. The first-order valence-electron chi connectivity index (χ1n) is 7.93. The summed E-state index contributed by atoms with van der Waals surface area (Å²) in [6.07, 6.45) is 10.2. The molecule has 0 aliphatic carbocycles. The highest BCUT2D eigenvalue weighted by atomic mass is 32.2. The minimum atomic E-state index is -2.94. The van der Waals surface area contributed by atoms with Gasteiger partial charge in [-0.15, -0.1) is 0 Å². The second kappa shape index (κ2) is 6.13. The molecule has 3 nitrogen and oxygen atoms in total. The van der Waals surface area contributed by atoms with Crippen LogP contribution in [-0.2, 0) is 9.84 Å². The van der Waals surface area contributed by atoms with E-state index >= 15 is 0 Å². The van der Waals surface area contributed by atoms with E-state index in [-0.39, 0.29) is 10.5 Å². The van der Waals surface area contributed by atoms with Crippen LogP contribution in [0.25, 0.3) is 0 Å². The van der Waals surface area contributed by atoms with Crippen LogP contribution in [0.15, 0.2) is 0 Å². The SMILES string of the molecule is CCCCCCCC1(O)CC2CCCC(C1)S2(=O)=O. The van der Waals surface area contributed by atoms with Crippen LogP contribution in [-0.4, -0.2) is 29.6 Å². The normalized spacial score (nSPS) is 37.2. The van der Waals surface area contributed by atoms with Gasteiger partial charge in [-0.1, -0.05) is 45.4 Å². The third-order valence-corrected chi connectivity index (χ3v) is 7.61. The van der Waals surface area contributed by atoms with Crippen LogP contribution in [0.2, 0.25) is 0 Å². The highest BCUT2D eigenvalue weighted by Crippen LogP contribution is 2.43. The molecule has 2 bridgehead atoms. The van der Waals surface area contributed by atoms with Crippen molar-refractivity contribution in [2.45, 2.75) is 93.7 Å². The van der Waals surface area contributed by atoms with Gasteiger partial charge in [0.1, 0.15) is 0 Å². The summed E-state index contributed by atoms with van der Waals surface area (Å²) in [6.45, 7) is 2.20. The Morgan fingerprint density at radius 3 is 2.21 bits per heavy atom. The zero-order chi connectivity index (χ0) is 13.9. The number of rotatable bonds is 6. The van der Waals surface area contributed by atoms with Crippen molar-refractivity contribution in [2.75, 3.05) is 0 Å². The minimum Gasteiger partial charge on any atom is -0.390 e. The van der Waals surface area contributed by atoms with Crippen LogP contribution in [0.3, 0.4) is 0 Å². The van der Waals surface area contributed by atoms with Gasteiger partial charge >= 0.3 is 0 Å². The number of unbranched alkanes of at least 4 members (excludes halogenated alkanes) is 4. The summed E-state index contributed by atoms with van der Waals surface area (Å²) in [6, 6.07) is 0. The van der Waals surface area contributed by atoms with Crippen molar-refractivity contribution in [3.05, 3.63) is 0 Å². The lowest BCUT2D eigenvalue weighted by Gasteiger charge is -2.44. The molecule has 2 rings (SSSR count). The zero-order valence-corrected chi connectivity index (χ0v) is 12.9. The molecule has 2 fully saturated rings. The average molecular weight is 288 g/mol. The summed E-state index contributed by atoms with van der Waals surface area (Å²) in [5.74, 6) is 0. The van der Waals surface area contributed by atoms with Gasteiger partial charge in [-0.05, 0) is 32.1 Å². The van der Waals surface area contributed by atoms with Crippen molar-refractivity contribution in [1.82, 2.24) is 0 Å². The third kappa shape index (κ3) is 3.52. The predicted octanol–water partition coefficient (Wildman–Crippen LogP) is 3.21. The summed E-state index contributed by atoms with van der Waals surface area (Å²) in [5, 5.41) is 10.2. The second-order valence-corrected chi connectivity index (χ2v) is 9.07. The molecule has 1 N–H and O–H groups in total. The smallest absolute Gasteiger partial charge is 0.156 e. The number of aliphatic hydroxyl groups is 1. The van der Waals surface area contributed by atoms with E-state index in [4.69, 9.17) is 0 Å². The average Bonchev–Trinajstić information content (AvgIpc) is 2.31. The molecule has 0 saturated carbocycles. The van der Waals surface area contributed by atoms with E-state index in [1.165, 1.54) is 19.3 Å². The fourth-order valence-electron chi connectivity index (χ4n) is 3.80. The molecule has 2 atom stereocenters. The first-order chi connectivity index (χ1) is 8.98. The van der Waals surface area contributed by atoms with Crippen LogP contribution in [0.4, 0.5) is 0 Å². The largest absolute Gasteiger partial charge is 0.390 e. The van der Waals surface area contributed by atoms with Crippen molar-refractivity contribution < 1.29 is 13.5 Å². The van der Waals surface area contributed by atoms with Gasteiger partial charge in [0.05, 0.1) is 16.1 Å². The first-order valence-corrected chi connectivity index (χ1v) is 9.54. The lowest BCUT2D eigenvalue weighted by molar-refractivity contribution is -0.000544. The Bertz CT molecular complexity index is 368. The van der Waals surface area contributed by atoms with Crippen LogP contribution in [0.5, 0.6) is 0 Å². The molecule has 19 heavy (non-hydrogen) atoms. The molecule has 2 aliphatic heterocycles. The fourth-order valence-corrected chi connectivity index (χ4v) is 6.42. The lowest BCUT2D eigenvalue weighted by Crippen LogP contribution is -2.51. The minimum absolute atomic E-state index is 0.263. The molecular weight excluding hydrogens is 260 g/mol. The van der Waals surface area contributed by atoms with Gasteiger partial charge in [-0.3, -0.25) is 0 Å². The Labute approximate surface area is 117 Å². The summed E-state index contributed by atoms with van der Waals surface area (Å²) in [5.41, 5.74) is -0.701. The van der Waals surface area contributed by atoms with Crippen molar-refractivity contribution >= 4 is 9.84 Å². The Hall–Kier alpha value is -0.0900. The molecule has 0 radical (unpaired) electrons. The summed E-state index contributed by atoms with van der Waals surface area (Å²) >= 11 is 0. The number of hydrogen-bond acceptors (Lipinski definition) is 3. The van der Waals surface area contributed by atoms with E-state index in [1.54, 1.807) is 0 Å². The molecule has 0 spiro atoms. The molecule has 0 aromatic heterocycles. The van der Waals surface area contributed by atoms with Gasteiger partial charge in [0, 0.05) is 0 Å². The van der Waals surface area contributed by atoms with Crippen molar-refractivity contribution in [3.63, 3.8) is 0 Å². The predicted molar refractivity (Wildman–Crippen MR) is 77.9 cm³/mol. The van der Waals surface area contributed by atoms with E-state index in [0.717, 1.165) is 38.5 Å². The van der Waals surface area contributed by atoms with E-state index in [9.17, 15) is 13.5 Å². The quantitative estimate of drug-likeness (QED) is 0.764. The van der Waals surface area contributed by atoms with Gasteiger partial charge in [0.15, 0.2) is 9.84 Å². The molecular formula is C15H28O3S. The van der Waals surface area contributed by atoms with E-state index in [2.05, 4.69) is 6.92 Å². The monoisotopic (exact) mass is 288 g/mol. The molecule has 112 valence electrons. The summed E-state index contributed by atoms with van der Waals surface area (Å²) in [4.78, 5) is 0. The second-order valence-electron chi connectivity index (χ2n) is 6.56. The Morgan fingerprint density at radius 1 is 1.05 bits per heavy atom. The van der Waals surface area contributed by atoms with Gasteiger partial charge in [0.2, 0.25) is 0 Å².